The van der Waals surface area contributed by atoms with E-state index in [-0.39, 0.29) is 16.1 Å². The minimum atomic E-state index is -3.51. The van der Waals surface area contributed by atoms with Crippen LogP contribution in [0.15, 0.2) is 58.3 Å². The number of carbonyl (C=O) groups excluding carboxylic acids is 1. The number of ether oxygens (including phenoxy) is 2. The normalized spacial score (nSPS) is 15.9. The van der Waals surface area contributed by atoms with Crippen LogP contribution in [-0.4, -0.2) is 63.3 Å². The molecule has 1 aliphatic heterocycles. The third-order valence-electron chi connectivity index (χ3n) is 4.80. The summed E-state index contributed by atoms with van der Waals surface area (Å²) in [5.41, 5.74) is 1.19. The first-order valence-electron chi connectivity index (χ1n) is 10.2. The highest BCUT2D eigenvalue weighted by atomic mass is 32.2. The zero-order valence-electron chi connectivity index (χ0n) is 17.7. The number of rotatable bonds is 9. The minimum absolute atomic E-state index is 0.0545. The third-order valence-corrected chi connectivity index (χ3v) is 7.83. The van der Waals surface area contributed by atoms with Gasteiger partial charge in [0.15, 0.2) is 0 Å². The smallest absolute Gasteiger partial charge is 0.243 e. The number of hydrogen-bond acceptors (Lipinski definition) is 6. The number of benzene rings is 2. The van der Waals surface area contributed by atoms with E-state index in [1.807, 2.05) is 38.1 Å². The average molecular weight is 465 g/mol. The van der Waals surface area contributed by atoms with Crippen molar-refractivity contribution in [3.05, 3.63) is 54.1 Å². The second-order valence-corrected chi connectivity index (χ2v) is 10.6. The Morgan fingerprint density at radius 2 is 1.77 bits per heavy atom. The number of nitrogens with zero attached hydrogens (tertiary/aromatic N) is 1. The minimum Gasteiger partial charge on any atom is -0.492 e. The molecular weight excluding hydrogens is 436 g/mol. The summed E-state index contributed by atoms with van der Waals surface area (Å²) in [5.74, 6) is 0.499. The molecule has 0 spiro atoms. The van der Waals surface area contributed by atoms with Crippen LogP contribution in [0.2, 0.25) is 0 Å². The van der Waals surface area contributed by atoms with E-state index in [0.717, 1.165) is 4.90 Å². The van der Waals surface area contributed by atoms with Crippen molar-refractivity contribution in [1.29, 1.82) is 0 Å². The molecule has 1 atom stereocenters. The van der Waals surface area contributed by atoms with Gasteiger partial charge < -0.3 is 14.8 Å². The fourth-order valence-electron chi connectivity index (χ4n) is 3.01. The van der Waals surface area contributed by atoms with E-state index in [0.29, 0.717) is 45.2 Å². The highest BCUT2D eigenvalue weighted by Gasteiger charge is 2.26. The molecule has 31 heavy (non-hydrogen) atoms. The molecule has 2 aromatic rings. The van der Waals surface area contributed by atoms with E-state index in [9.17, 15) is 13.2 Å². The van der Waals surface area contributed by atoms with E-state index in [1.165, 1.54) is 21.6 Å². The van der Waals surface area contributed by atoms with Gasteiger partial charge in [0.2, 0.25) is 15.9 Å². The van der Waals surface area contributed by atoms with Crippen molar-refractivity contribution in [3.8, 4) is 5.75 Å². The highest BCUT2D eigenvalue weighted by Crippen LogP contribution is 2.23. The van der Waals surface area contributed by atoms with Crippen LogP contribution >= 0.6 is 11.8 Å². The molecule has 7 nitrogen and oxygen atoms in total. The number of nitrogens with one attached hydrogen (secondary N) is 1. The molecule has 1 fully saturated rings. The Morgan fingerprint density at radius 1 is 1.13 bits per heavy atom. The van der Waals surface area contributed by atoms with Crippen LogP contribution in [0.25, 0.3) is 0 Å². The topological polar surface area (TPSA) is 84.9 Å². The fourth-order valence-corrected chi connectivity index (χ4v) is 5.30. The monoisotopic (exact) mass is 464 g/mol. The van der Waals surface area contributed by atoms with Gasteiger partial charge in [0.05, 0.1) is 29.9 Å². The number of amides is 1. The largest absolute Gasteiger partial charge is 0.492 e. The molecule has 168 valence electrons. The Bertz CT molecular complexity index is 956. The maximum atomic E-state index is 12.6. The van der Waals surface area contributed by atoms with Crippen molar-refractivity contribution in [3.63, 3.8) is 0 Å². The first-order valence-corrected chi connectivity index (χ1v) is 12.5. The maximum Gasteiger partial charge on any atom is 0.243 e. The van der Waals surface area contributed by atoms with Crippen molar-refractivity contribution < 1.29 is 22.7 Å². The predicted molar refractivity (Wildman–Crippen MR) is 121 cm³/mol. The van der Waals surface area contributed by atoms with Crippen molar-refractivity contribution in [1.82, 2.24) is 9.62 Å². The van der Waals surface area contributed by atoms with E-state index in [2.05, 4.69) is 5.32 Å². The Kier molecular flexibility index (Phi) is 8.36. The van der Waals surface area contributed by atoms with E-state index >= 15 is 0 Å². The molecule has 0 radical (unpaired) electrons. The summed E-state index contributed by atoms with van der Waals surface area (Å²) in [6.07, 6.45) is 0. The zero-order chi connectivity index (χ0) is 22.3. The second kappa shape index (κ2) is 11.0. The molecule has 1 amide bonds. The molecule has 3 rings (SSSR count). The van der Waals surface area contributed by atoms with Gasteiger partial charge in [0.25, 0.3) is 0 Å². The van der Waals surface area contributed by atoms with Gasteiger partial charge in [-0.15, -0.1) is 11.8 Å². The molecule has 1 aliphatic rings. The first-order chi connectivity index (χ1) is 14.9. The van der Waals surface area contributed by atoms with Gasteiger partial charge >= 0.3 is 0 Å². The molecule has 0 aliphatic carbocycles. The lowest BCUT2D eigenvalue weighted by molar-refractivity contribution is -0.120. The van der Waals surface area contributed by atoms with Crippen molar-refractivity contribution >= 4 is 27.7 Å². The predicted octanol–water partition coefficient (Wildman–Crippen LogP) is 2.69. The Hall–Kier alpha value is -2.07. The lowest BCUT2D eigenvalue weighted by Gasteiger charge is -2.26. The fraction of sp³-hybridized carbons (Fsp3) is 0.409. The van der Waals surface area contributed by atoms with Crippen LogP contribution in [0, 0.1) is 6.92 Å². The molecular formula is C22H28N2O5S2. The zero-order valence-corrected chi connectivity index (χ0v) is 19.4. The molecule has 0 saturated carbocycles. The third kappa shape index (κ3) is 6.70. The van der Waals surface area contributed by atoms with Gasteiger partial charge in [0, 0.05) is 18.0 Å². The van der Waals surface area contributed by atoms with Gasteiger partial charge in [-0.25, -0.2) is 8.42 Å². The van der Waals surface area contributed by atoms with E-state index < -0.39 is 10.0 Å². The molecule has 1 heterocycles. The summed E-state index contributed by atoms with van der Waals surface area (Å²) in [5, 5.41) is 2.65. The standard InChI is InChI=1S/C22H28N2O5S2/c1-17-3-7-20(8-4-17)30-18(2)22(25)23-11-14-29-19-5-9-21(10-6-19)31(26,27)24-12-15-28-16-13-24/h3-10,18H,11-16H2,1-2H3,(H,23,25)/t18-/m1/s1. The van der Waals surface area contributed by atoms with Gasteiger partial charge in [-0.05, 0) is 50.2 Å². The molecule has 1 saturated heterocycles. The van der Waals surface area contributed by atoms with Crippen molar-refractivity contribution in [2.75, 3.05) is 39.5 Å². The summed E-state index contributed by atoms with van der Waals surface area (Å²) < 4.78 is 37.5. The van der Waals surface area contributed by atoms with Crippen LogP contribution in [0.1, 0.15) is 12.5 Å². The second-order valence-electron chi connectivity index (χ2n) is 7.20. The molecule has 9 heteroatoms. The molecule has 0 bridgehead atoms. The molecule has 1 N–H and O–H groups in total. The number of thioether (sulfide) groups is 1. The number of aryl methyl sites for hydroxylation is 1. The van der Waals surface area contributed by atoms with Crippen molar-refractivity contribution in [2.45, 2.75) is 28.9 Å². The summed E-state index contributed by atoms with van der Waals surface area (Å²) >= 11 is 1.51. The van der Waals surface area contributed by atoms with Gasteiger partial charge in [-0.1, -0.05) is 17.7 Å². The van der Waals surface area contributed by atoms with Crippen LogP contribution in [0.5, 0.6) is 5.75 Å². The first kappa shape index (κ1) is 23.6. The summed E-state index contributed by atoms with van der Waals surface area (Å²) in [6, 6.07) is 14.4. The van der Waals surface area contributed by atoms with Gasteiger partial charge in [0.1, 0.15) is 12.4 Å². The van der Waals surface area contributed by atoms with Crippen LogP contribution in [0.4, 0.5) is 0 Å². The molecule has 0 aromatic heterocycles. The molecule has 0 unspecified atom stereocenters. The number of carbonyl (C=O) groups is 1. The van der Waals surface area contributed by atoms with E-state index in [1.54, 1.807) is 24.3 Å². The Balaban J connectivity index is 1.42. The summed E-state index contributed by atoms with van der Waals surface area (Å²) in [6.45, 7) is 6.11. The van der Waals surface area contributed by atoms with Crippen LogP contribution in [0.3, 0.4) is 0 Å². The van der Waals surface area contributed by atoms with Crippen molar-refractivity contribution in [2.24, 2.45) is 0 Å². The summed E-state index contributed by atoms with van der Waals surface area (Å²) in [4.78, 5) is 13.5. The highest BCUT2D eigenvalue weighted by molar-refractivity contribution is 8.00. The summed E-state index contributed by atoms with van der Waals surface area (Å²) in [7, 11) is -3.51. The quantitative estimate of drug-likeness (QED) is 0.454. The number of sulfonamides is 1. The molecule has 2 aromatic carbocycles. The number of morpholine rings is 1. The van der Waals surface area contributed by atoms with Crippen LogP contribution < -0.4 is 10.1 Å². The van der Waals surface area contributed by atoms with Gasteiger partial charge in [-0.3, -0.25) is 4.79 Å². The SMILES string of the molecule is Cc1ccc(S[C@H](C)C(=O)NCCOc2ccc(S(=O)(=O)N3CCOCC3)cc2)cc1. The lowest BCUT2D eigenvalue weighted by atomic mass is 10.2. The van der Waals surface area contributed by atoms with Gasteiger partial charge in [-0.2, -0.15) is 4.31 Å². The Morgan fingerprint density at radius 3 is 2.42 bits per heavy atom. The Labute approximate surface area is 188 Å². The van der Waals surface area contributed by atoms with E-state index in [4.69, 9.17) is 9.47 Å². The number of hydrogen-bond donors (Lipinski definition) is 1. The maximum absolute atomic E-state index is 12.6. The lowest BCUT2D eigenvalue weighted by Crippen LogP contribution is -2.40. The van der Waals surface area contributed by atoms with Crippen LogP contribution in [-0.2, 0) is 19.6 Å². The average Bonchev–Trinajstić information content (AvgIpc) is 2.79.